The van der Waals surface area contributed by atoms with Gasteiger partial charge in [-0.3, -0.25) is 4.90 Å². The van der Waals surface area contributed by atoms with Gasteiger partial charge in [0.2, 0.25) is 0 Å². The van der Waals surface area contributed by atoms with Crippen molar-refractivity contribution in [3.05, 3.63) is 34.3 Å². The van der Waals surface area contributed by atoms with Crippen LogP contribution >= 0.6 is 15.9 Å². The van der Waals surface area contributed by atoms with Crippen molar-refractivity contribution in [1.29, 1.82) is 5.26 Å². The van der Waals surface area contributed by atoms with E-state index in [1.807, 2.05) is 19.1 Å². The van der Waals surface area contributed by atoms with Crippen LogP contribution in [-0.2, 0) is 0 Å². The molecule has 20 heavy (non-hydrogen) atoms. The molecule has 1 rings (SSSR count). The lowest BCUT2D eigenvalue weighted by Gasteiger charge is -2.35. The Morgan fingerprint density at radius 1 is 1.40 bits per heavy atom. The Labute approximate surface area is 130 Å². The molecule has 2 N–H and O–H groups in total. The lowest BCUT2D eigenvalue weighted by Crippen LogP contribution is -2.42. The van der Waals surface area contributed by atoms with Crippen LogP contribution in [0.5, 0.6) is 0 Å². The Morgan fingerprint density at radius 3 is 2.60 bits per heavy atom. The minimum Gasteiger partial charge on any atom is -0.326 e. The molecule has 4 heteroatoms. The van der Waals surface area contributed by atoms with E-state index in [9.17, 15) is 0 Å². The molecule has 0 fully saturated rings. The molecular formula is C16H24BrN3. The molecule has 0 saturated heterocycles. The Morgan fingerprint density at radius 2 is 2.10 bits per heavy atom. The Bertz CT molecular complexity index is 455. The number of nitrogens with two attached hydrogens (primary N) is 1. The monoisotopic (exact) mass is 337 g/mol. The van der Waals surface area contributed by atoms with E-state index in [0.717, 1.165) is 24.0 Å². The van der Waals surface area contributed by atoms with E-state index < -0.39 is 0 Å². The van der Waals surface area contributed by atoms with Crippen LogP contribution in [0, 0.1) is 17.2 Å². The van der Waals surface area contributed by atoms with E-state index in [1.54, 1.807) is 0 Å². The zero-order valence-electron chi connectivity index (χ0n) is 12.5. The number of likely N-dealkylation sites (N-methyl/N-ethyl adjacent to an activating group) is 1. The van der Waals surface area contributed by atoms with E-state index in [-0.39, 0.29) is 18.0 Å². The van der Waals surface area contributed by atoms with Gasteiger partial charge in [-0.2, -0.15) is 5.26 Å². The summed E-state index contributed by atoms with van der Waals surface area (Å²) in [6.07, 6.45) is 0.911. The maximum atomic E-state index is 9.06. The standard InChI is InChI=1S/C16H24BrN3/c1-4-15(19)16(13-7-6-8-14(17)9-13)20(5-2)11-12(3)10-18/h6-9,12,15-16H,4-5,11,19H2,1-3H3. The summed E-state index contributed by atoms with van der Waals surface area (Å²) in [5.41, 5.74) is 7.56. The SMILES string of the molecule is CCC(N)C(c1cccc(Br)c1)N(CC)CC(C)C#N. The van der Waals surface area contributed by atoms with Crippen LogP contribution in [-0.4, -0.2) is 24.0 Å². The molecule has 1 aromatic carbocycles. The third-order valence-corrected chi connectivity index (χ3v) is 4.09. The molecule has 0 aliphatic heterocycles. The molecule has 0 aliphatic carbocycles. The second kappa shape index (κ2) is 8.41. The number of hydrogen-bond donors (Lipinski definition) is 1. The highest BCUT2D eigenvalue weighted by Crippen LogP contribution is 2.27. The highest BCUT2D eigenvalue weighted by atomic mass is 79.9. The molecule has 110 valence electrons. The number of benzene rings is 1. The third-order valence-electron chi connectivity index (χ3n) is 3.60. The summed E-state index contributed by atoms with van der Waals surface area (Å²) in [5, 5.41) is 9.06. The molecular weight excluding hydrogens is 314 g/mol. The third kappa shape index (κ3) is 4.59. The molecule has 3 atom stereocenters. The van der Waals surface area contributed by atoms with E-state index in [1.165, 1.54) is 5.56 Å². The molecule has 0 bridgehead atoms. The van der Waals surface area contributed by atoms with Crippen LogP contribution in [0.15, 0.2) is 28.7 Å². The predicted octanol–water partition coefficient (Wildman–Crippen LogP) is 3.71. The van der Waals surface area contributed by atoms with Crippen LogP contribution < -0.4 is 5.73 Å². The fourth-order valence-corrected chi connectivity index (χ4v) is 2.89. The fourth-order valence-electron chi connectivity index (χ4n) is 2.47. The van der Waals surface area contributed by atoms with Gasteiger partial charge in [-0.15, -0.1) is 0 Å². The molecule has 0 aliphatic rings. The summed E-state index contributed by atoms with van der Waals surface area (Å²) in [7, 11) is 0. The van der Waals surface area contributed by atoms with Gasteiger partial charge in [0, 0.05) is 23.1 Å². The van der Waals surface area contributed by atoms with Gasteiger partial charge < -0.3 is 5.73 Å². The molecule has 0 saturated carbocycles. The molecule has 3 unspecified atom stereocenters. The second-order valence-electron chi connectivity index (χ2n) is 5.19. The van der Waals surface area contributed by atoms with E-state index >= 15 is 0 Å². The predicted molar refractivity (Wildman–Crippen MR) is 87.2 cm³/mol. The van der Waals surface area contributed by atoms with Crippen LogP contribution in [0.3, 0.4) is 0 Å². The zero-order valence-corrected chi connectivity index (χ0v) is 14.1. The van der Waals surface area contributed by atoms with Crippen molar-refractivity contribution in [3.8, 4) is 6.07 Å². The second-order valence-corrected chi connectivity index (χ2v) is 6.11. The van der Waals surface area contributed by atoms with Crippen molar-refractivity contribution in [2.75, 3.05) is 13.1 Å². The van der Waals surface area contributed by atoms with Gasteiger partial charge in [0.15, 0.2) is 0 Å². The molecule has 0 spiro atoms. The highest BCUT2D eigenvalue weighted by Gasteiger charge is 2.26. The van der Waals surface area contributed by atoms with Crippen molar-refractivity contribution in [3.63, 3.8) is 0 Å². The van der Waals surface area contributed by atoms with Crippen molar-refractivity contribution in [1.82, 2.24) is 4.90 Å². The molecule has 0 heterocycles. The number of halogens is 1. The van der Waals surface area contributed by atoms with Crippen molar-refractivity contribution >= 4 is 15.9 Å². The quantitative estimate of drug-likeness (QED) is 0.825. The largest absolute Gasteiger partial charge is 0.326 e. The Hall–Kier alpha value is -0.890. The molecule has 0 aromatic heterocycles. The van der Waals surface area contributed by atoms with Gasteiger partial charge in [-0.25, -0.2) is 0 Å². The first kappa shape index (κ1) is 17.2. The number of nitriles is 1. The summed E-state index contributed by atoms with van der Waals surface area (Å²) >= 11 is 3.53. The van der Waals surface area contributed by atoms with Gasteiger partial charge >= 0.3 is 0 Å². The highest BCUT2D eigenvalue weighted by molar-refractivity contribution is 9.10. The molecule has 0 radical (unpaired) electrons. The van der Waals surface area contributed by atoms with E-state index in [4.69, 9.17) is 11.0 Å². The normalized spacial score (nSPS) is 15.7. The fraction of sp³-hybridized carbons (Fsp3) is 0.562. The first-order valence-corrected chi connectivity index (χ1v) is 7.97. The average molecular weight is 338 g/mol. The Balaban J connectivity index is 3.07. The first-order chi connectivity index (χ1) is 9.53. The van der Waals surface area contributed by atoms with Crippen LogP contribution in [0.2, 0.25) is 0 Å². The minimum absolute atomic E-state index is 0.00802. The van der Waals surface area contributed by atoms with Crippen LogP contribution in [0.4, 0.5) is 0 Å². The first-order valence-electron chi connectivity index (χ1n) is 7.18. The maximum Gasteiger partial charge on any atom is 0.0666 e. The lowest BCUT2D eigenvalue weighted by molar-refractivity contribution is 0.166. The van der Waals surface area contributed by atoms with Crippen molar-refractivity contribution in [2.45, 2.75) is 39.3 Å². The summed E-state index contributed by atoms with van der Waals surface area (Å²) < 4.78 is 1.06. The average Bonchev–Trinajstić information content (AvgIpc) is 2.45. The summed E-state index contributed by atoms with van der Waals surface area (Å²) in [6, 6.07) is 10.8. The van der Waals surface area contributed by atoms with Gasteiger partial charge in [-0.1, -0.05) is 41.9 Å². The number of hydrogen-bond acceptors (Lipinski definition) is 3. The van der Waals surface area contributed by atoms with E-state index in [0.29, 0.717) is 0 Å². The summed E-state index contributed by atoms with van der Waals surface area (Å²) in [5.74, 6) is 0.00802. The van der Waals surface area contributed by atoms with Crippen molar-refractivity contribution < 1.29 is 0 Å². The van der Waals surface area contributed by atoms with Crippen LogP contribution in [0.25, 0.3) is 0 Å². The topological polar surface area (TPSA) is 53.0 Å². The van der Waals surface area contributed by atoms with Gasteiger partial charge in [-0.05, 0) is 37.6 Å². The number of rotatable bonds is 7. The number of nitrogens with zero attached hydrogens (tertiary/aromatic N) is 2. The summed E-state index contributed by atoms with van der Waals surface area (Å²) in [6.45, 7) is 7.82. The Kier molecular flexibility index (Phi) is 7.22. The van der Waals surface area contributed by atoms with Crippen LogP contribution in [0.1, 0.15) is 38.8 Å². The smallest absolute Gasteiger partial charge is 0.0666 e. The molecule has 0 amide bonds. The zero-order chi connectivity index (χ0) is 15.1. The molecule has 3 nitrogen and oxygen atoms in total. The van der Waals surface area contributed by atoms with Crippen molar-refractivity contribution in [2.24, 2.45) is 11.7 Å². The van der Waals surface area contributed by atoms with Gasteiger partial charge in [0.1, 0.15) is 0 Å². The van der Waals surface area contributed by atoms with Gasteiger partial charge in [0.05, 0.1) is 12.0 Å². The molecule has 1 aromatic rings. The van der Waals surface area contributed by atoms with Gasteiger partial charge in [0.25, 0.3) is 0 Å². The minimum atomic E-state index is 0.00802. The van der Waals surface area contributed by atoms with E-state index in [2.05, 4.69) is 52.9 Å². The lowest BCUT2D eigenvalue weighted by atomic mass is 9.95. The maximum absolute atomic E-state index is 9.06. The summed E-state index contributed by atoms with van der Waals surface area (Å²) in [4.78, 5) is 2.31.